The van der Waals surface area contributed by atoms with E-state index in [1.165, 1.54) is 0 Å². The molecule has 0 aliphatic carbocycles. The highest BCUT2D eigenvalue weighted by atomic mass is 16.7. The number of carboxylic acid groups (broad SMARTS) is 2. The zero-order valence-electron chi connectivity index (χ0n) is 13.6. The van der Waals surface area contributed by atoms with E-state index in [1.54, 1.807) is 0 Å². The standard InChI is InChI=1S/C17H14N2O8/c1-19-17(16(26)27-18,10-6-8(14(22)23)2-4-12(10)20)11-7-9(15(24)25)3-5-13(11)21/h2-7,20-21H,1,18H2,(H,22,23)(H,24,25). The Bertz CT molecular complexity index is 890. The molecule has 2 aromatic rings. The van der Waals surface area contributed by atoms with E-state index < -0.39 is 46.1 Å². The number of phenolic OH excluding ortho intramolecular Hbond substituents is 2. The van der Waals surface area contributed by atoms with E-state index in [0.717, 1.165) is 36.4 Å². The summed E-state index contributed by atoms with van der Waals surface area (Å²) in [5.41, 5.74) is -3.93. The number of hydrogen-bond donors (Lipinski definition) is 5. The van der Waals surface area contributed by atoms with Gasteiger partial charge >= 0.3 is 17.9 Å². The minimum absolute atomic E-state index is 0.325. The van der Waals surface area contributed by atoms with Crippen molar-refractivity contribution < 1.29 is 39.6 Å². The van der Waals surface area contributed by atoms with Gasteiger partial charge in [0, 0.05) is 11.1 Å². The molecule has 0 aliphatic rings. The van der Waals surface area contributed by atoms with Crippen LogP contribution in [-0.2, 0) is 15.2 Å². The Morgan fingerprint density at radius 3 is 1.63 bits per heavy atom. The van der Waals surface area contributed by atoms with Crippen molar-refractivity contribution in [2.45, 2.75) is 5.54 Å². The van der Waals surface area contributed by atoms with Crippen molar-refractivity contribution in [1.29, 1.82) is 0 Å². The van der Waals surface area contributed by atoms with Crippen molar-refractivity contribution in [2.75, 3.05) is 0 Å². The van der Waals surface area contributed by atoms with Gasteiger partial charge in [0.15, 0.2) is 0 Å². The number of benzene rings is 2. The fraction of sp³-hybridized carbons (Fsp3) is 0.0588. The molecular weight excluding hydrogens is 360 g/mol. The number of aliphatic imine (C=N–C) groups is 1. The first-order chi connectivity index (χ1) is 12.7. The molecule has 0 amide bonds. The lowest BCUT2D eigenvalue weighted by Gasteiger charge is -2.28. The van der Waals surface area contributed by atoms with Crippen LogP contribution in [0.15, 0.2) is 41.4 Å². The molecule has 2 rings (SSSR count). The largest absolute Gasteiger partial charge is 0.508 e. The first kappa shape index (κ1) is 19.4. The molecule has 0 radical (unpaired) electrons. The number of aromatic carboxylic acids is 2. The second-order valence-electron chi connectivity index (χ2n) is 5.35. The highest BCUT2D eigenvalue weighted by Gasteiger charge is 2.47. The third-order valence-electron chi connectivity index (χ3n) is 3.91. The van der Waals surface area contributed by atoms with Gasteiger partial charge in [0.1, 0.15) is 11.5 Å². The van der Waals surface area contributed by atoms with E-state index in [1.807, 2.05) is 0 Å². The summed E-state index contributed by atoms with van der Waals surface area (Å²) in [6, 6.07) is 5.93. The van der Waals surface area contributed by atoms with Crippen LogP contribution in [0.2, 0.25) is 0 Å². The Balaban J connectivity index is 2.96. The molecule has 0 saturated carbocycles. The van der Waals surface area contributed by atoms with Crippen molar-refractivity contribution in [1.82, 2.24) is 0 Å². The van der Waals surface area contributed by atoms with Crippen molar-refractivity contribution in [3.63, 3.8) is 0 Å². The average Bonchev–Trinajstić information content (AvgIpc) is 2.64. The Labute approximate surface area is 151 Å². The zero-order valence-corrected chi connectivity index (χ0v) is 13.6. The second-order valence-corrected chi connectivity index (χ2v) is 5.35. The molecule has 0 aromatic heterocycles. The smallest absolute Gasteiger partial charge is 0.362 e. The quantitative estimate of drug-likeness (QED) is 0.362. The van der Waals surface area contributed by atoms with E-state index in [0.29, 0.717) is 0 Å². The molecule has 0 aliphatic heterocycles. The lowest BCUT2D eigenvalue weighted by atomic mass is 9.81. The Kier molecular flexibility index (Phi) is 5.13. The van der Waals surface area contributed by atoms with Crippen LogP contribution in [0.4, 0.5) is 0 Å². The first-order valence-electron chi connectivity index (χ1n) is 7.21. The lowest BCUT2D eigenvalue weighted by molar-refractivity contribution is -0.149. The van der Waals surface area contributed by atoms with Crippen LogP contribution in [0.5, 0.6) is 11.5 Å². The van der Waals surface area contributed by atoms with Crippen LogP contribution in [0.1, 0.15) is 31.8 Å². The van der Waals surface area contributed by atoms with Gasteiger partial charge in [0.2, 0.25) is 5.54 Å². The van der Waals surface area contributed by atoms with E-state index in [-0.39, 0.29) is 11.1 Å². The van der Waals surface area contributed by atoms with Gasteiger partial charge in [-0.3, -0.25) is 4.99 Å². The fourth-order valence-corrected chi connectivity index (χ4v) is 2.60. The predicted octanol–water partition coefficient (Wildman–Crippen LogP) is 0.855. The molecule has 27 heavy (non-hydrogen) atoms. The summed E-state index contributed by atoms with van der Waals surface area (Å²) < 4.78 is 0. The van der Waals surface area contributed by atoms with Crippen molar-refractivity contribution in [3.8, 4) is 11.5 Å². The van der Waals surface area contributed by atoms with Crippen LogP contribution in [0.25, 0.3) is 0 Å². The second kappa shape index (κ2) is 7.14. The van der Waals surface area contributed by atoms with E-state index in [4.69, 9.17) is 5.90 Å². The van der Waals surface area contributed by atoms with E-state index >= 15 is 0 Å². The Morgan fingerprint density at radius 1 is 0.926 bits per heavy atom. The molecule has 0 spiro atoms. The minimum Gasteiger partial charge on any atom is -0.508 e. The van der Waals surface area contributed by atoms with Gasteiger partial charge in [-0.1, -0.05) is 0 Å². The van der Waals surface area contributed by atoms with E-state index in [9.17, 15) is 34.8 Å². The monoisotopic (exact) mass is 374 g/mol. The van der Waals surface area contributed by atoms with Gasteiger partial charge < -0.3 is 25.3 Å². The molecule has 0 fully saturated rings. The number of aromatic hydroxyl groups is 2. The molecule has 0 bridgehead atoms. The van der Waals surface area contributed by atoms with Gasteiger partial charge in [-0.05, 0) is 43.1 Å². The van der Waals surface area contributed by atoms with E-state index in [2.05, 4.69) is 16.5 Å². The van der Waals surface area contributed by atoms with Gasteiger partial charge in [0.05, 0.1) is 11.1 Å². The molecule has 0 atom stereocenters. The number of rotatable bonds is 6. The fourth-order valence-electron chi connectivity index (χ4n) is 2.60. The number of carbonyl (C=O) groups is 3. The maximum Gasteiger partial charge on any atom is 0.362 e. The van der Waals surface area contributed by atoms with Crippen LogP contribution in [0, 0.1) is 0 Å². The summed E-state index contributed by atoms with van der Waals surface area (Å²) in [6.07, 6.45) is 0. The molecule has 6 N–H and O–H groups in total. The number of carboxylic acids is 2. The molecule has 140 valence electrons. The molecule has 10 nitrogen and oxygen atoms in total. The third-order valence-corrected chi connectivity index (χ3v) is 3.91. The molecule has 0 unspecified atom stereocenters. The van der Waals surface area contributed by atoms with Gasteiger partial charge in [0.25, 0.3) is 0 Å². The highest BCUT2D eigenvalue weighted by molar-refractivity contribution is 5.94. The summed E-state index contributed by atoms with van der Waals surface area (Å²) in [6.45, 7) is 3.26. The van der Waals surface area contributed by atoms with Crippen LogP contribution in [0.3, 0.4) is 0 Å². The summed E-state index contributed by atoms with van der Waals surface area (Å²) in [5.74, 6) is -0.291. The molecule has 0 heterocycles. The minimum atomic E-state index is -2.43. The topological polar surface area (TPSA) is 180 Å². The molecular formula is C17H14N2O8. The molecule has 10 heteroatoms. The summed E-state index contributed by atoms with van der Waals surface area (Å²) in [7, 11) is 0. The van der Waals surface area contributed by atoms with Gasteiger partial charge in [-0.15, -0.1) is 0 Å². The molecule has 0 saturated heterocycles. The van der Waals surface area contributed by atoms with Gasteiger partial charge in [-0.25, -0.2) is 14.4 Å². The molecule has 2 aromatic carbocycles. The average molecular weight is 374 g/mol. The predicted molar refractivity (Wildman–Crippen MR) is 90.7 cm³/mol. The summed E-state index contributed by atoms with van der Waals surface area (Å²) in [5, 5.41) is 38.8. The Morgan fingerprint density at radius 2 is 1.33 bits per heavy atom. The highest BCUT2D eigenvalue weighted by Crippen LogP contribution is 2.43. The number of hydrogen-bond acceptors (Lipinski definition) is 8. The maximum atomic E-state index is 12.5. The number of phenols is 2. The third kappa shape index (κ3) is 3.16. The number of nitrogens with zero attached hydrogens (tertiary/aromatic N) is 1. The van der Waals surface area contributed by atoms with Crippen LogP contribution in [-0.4, -0.2) is 45.1 Å². The van der Waals surface area contributed by atoms with Crippen molar-refractivity contribution >= 4 is 24.6 Å². The summed E-state index contributed by atoms with van der Waals surface area (Å²) >= 11 is 0. The number of nitrogens with two attached hydrogens (primary N) is 1. The first-order valence-corrected chi connectivity index (χ1v) is 7.21. The van der Waals surface area contributed by atoms with Gasteiger partial charge in [-0.2, -0.15) is 5.90 Å². The zero-order chi connectivity index (χ0) is 20.4. The normalized spacial score (nSPS) is 10.9. The van der Waals surface area contributed by atoms with Crippen molar-refractivity contribution in [3.05, 3.63) is 58.7 Å². The van der Waals surface area contributed by atoms with Crippen LogP contribution < -0.4 is 5.90 Å². The van der Waals surface area contributed by atoms with Crippen LogP contribution >= 0.6 is 0 Å². The number of carbonyl (C=O) groups excluding carboxylic acids is 1. The Hall–Kier alpha value is -3.92. The maximum absolute atomic E-state index is 12.5. The van der Waals surface area contributed by atoms with Crippen molar-refractivity contribution in [2.24, 2.45) is 10.9 Å². The summed E-state index contributed by atoms with van der Waals surface area (Å²) in [4.78, 5) is 43.0. The lowest BCUT2D eigenvalue weighted by Crippen LogP contribution is -2.38. The SMILES string of the molecule is C=NC(C(=O)ON)(c1cc(C(=O)O)ccc1O)c1cc(C(=O)O)ccc1O.